The summed E-state index contributed by atoms with van der Waals surface area (Å²) in [4.78, 5) is 15.5. The third kappa shape index (κ3) is 3.19. The lowest BCUT2D eigenvalue weighted by atomic mass is 10.1. The highest BCUT2D eigenvalue weighted by atomic mass is 32.1. The van der Waals surface area contributed by atoms with E-state index >= 15 is 0 Å². The Kier molecular flexibility index (Phi) is 4.10. The highest BCUT2D eigenvalue weighted by molar-refractivity contribution is 7.10. The molecule has 2 heterocycles. The number of hydrogen-bond acceptors (Lipinski definition) is 3. The molecule has 1 aromatic heterocycles. The van der Waals surface area contributed by atoms with Crippen LogP contribution in [-0.4, -0.2) is 24.6 Å². The van der Waals surface area contributed by atoms with Crippen molar-refractivity contribution >= 4 is 17.4 Å². The van der Waals surface area contributed by atoms with E-state index in [0.29, 0.717) is 13.1 Å². The molecular weight excluding hydrogens is 284 g/mol. The molecular formula is C16H18N2O2S. The number of rotatable bonds is 3. The third-order valence-electron chi connectivity index (χ3n) is 3.70. The van der Waals surface area contributed by atoms with Crippen molar-refractivity contribution in [3.8, 4) is 5.75 Å². The first-order valence-corrected chi connectivity index (χ1v) is 7.85. The van der Waals surface area contributed by atoms with E-state index in [2.05, 4.69) is 16.8 Å². The van der Waals surface area contributed by atoms with Gasteiger partial charge in [0.05, 0.1) is 7.11 Å². The molecule has 1 aliphatic heterocycles. The van der Waals surface area contributed by atoms with E-state index < -0.39 is 0 Å². The van der Waals surface area contributed by atoms with Crippen LogP contribution < -0.4 is 10.1 Å². The first-order chi connectivity index (χ1) is 10.3. The van der Waals surface area contributed by atoms with Crippen molar-refractivity contribution in [1.29, 1.82) is 0 Å². The number of amides is 2. The highest BCUT2D eigenvalue weighted by Gasteiger charge is 2.20. The number of carbonyl (C=O) groups excluding carboxylic acids is 1. The number of ether oxygens (including phenoxy) is 1. The summed E-state index contributed by atoms with van der Waals surface area (Å²) in [6, 6.07) is 9.85. The molecule has 0 spiro atoms. The molecule has 1 aromatic carbocycles. The Morgan fingerprint density at radius 3 is 2.90 bits per heavy atom. The highest BCUT2D eigenvalue weighted by Crippen LogP contribution is 2.23. The predicted octanol–water partition coefficient (Wildman–Crippen LogP) is 3.02. The van der Waals surface area contributed by atoms with Crippen molar-refractivity contribution in [1.82, 2.24) is 10.2 Å². The molecule has 1 aliphatic rings. The minimum absolute atomic E-state index is 0.00247. The molecule has 0 saturated carbocycles. The van der Waals surface area contributed by atoms with Crippen LogP contribution in [0.4, 0.5) is 4.79 Å². The molecule has 0 fully saturated rings. The third-order valence-corrected chi connectivity index (χ3v) is 4.72. The number of carbonyl (C=O) groups is 1. The summed E-state index contributed by atoms with van der Waals surface area (Å²) >= 11 is 1.78. The fourth-order valence-corrected chi connectivity index (χ4v) is 3.34. The maximum absolute atomic E-state index is 12.2. The molecule has 2 aromatic rings. The van der Waals surface area contributed by atoms with Crippen LogP contribution in [0.1, 0.15) is 16.0 Å². The van der Waals surface area contributed by atoms with Crippen LogP contribution in [0.3, 0.4) is 0 Å². The van der Waals surface area contributed by atoms with Gasteiger partial charge in [-0.2, -0.15) is 0 Å². The van der Waals surface area contributed by atoms with Gasteiger partial charge in [-0.1, -0.05) is 12.1 Å². The number of urea groups is 1. The zero-order valence-corrected chi connectivity index (χ0v) is 12.8. The number of methoxy groups -OCH3 is 1. The van der Waals surface area contributed by atoms with Crippen LogP contribution >= 0.6 is 11.3 Å². The first-order valence-electron chi connectivity index (χ1n) is 6.97. The molecule has 0 bridgehead atoms. The number of benzene rings is 1. The summed E-state index contributed by atoms with van der Waals surface area (Å²) in [5, 5.41) is 5.08. The maximum Gasteiger partial charge on any atom is 0.317 e. The summed E-state index contributed by atoms with van der Waals surface area (Å²) < 4.78 is 5.12. The normalized spacial score (nSPS) is 13.7. The molecule has 0 atom stereocenters. The van der Waals surface area contributed by atoms with Crippen LogP contribution in [0.5, 0.6) is 5.75 Å². The molecule has 4 nitrogen and oxygen atoms in total. The van der Waals surface area contributed by atoms with Gasteiger partial charge < -0.3 is 15.0 Å². The van der Waals surface area contributed by atoms with Gasteiger partial charge in [0.15, 0.2) is 0 Å². The monoisotopic (exact) mass is 302 g/mol. The Bertz CT molecular complexity index is 621. The quantitative estimate of drug-likeness (QED) is 0.947. The Morgan fingerprint density at radius 2 is 2.14 bits per heavy atom. The predicted molar refractivity (Wildman–Crippen MR) is 83.7 cm³/mol. The van der Waals surface area contributed by atoms with Crippen LogP contribution in [0.15, 0.2) is 35.7 Å². The molecule has 110 valence electrons. The van der Waals surface area contributed by atoms with Crippen LogP contribution in [0.2, 0.25) is 0 Å². The van der Waals surface area contributed by atoms with E-state index in [1.165, 1.54) is 10.4 Å². The lowest BCUT2D eigenvalue weighted by Gasteiger charge is -2.27. The smallest absolute Gasteiger partial charge is 0.317 e. The molecule has 0 aliphatic carbocycles. The molecule has 0 radical (unpaired) electrons. The summed E-state index contributed by atoms with van der Waals surface area (Å²) in [7, 11) is 1.64. The molecule has 5 heteroatoms. The van der Waals surface area contributed by atoms with Crippen molar-refractivity contribution in [3.05, 3.63) is 51.7 Å². The summed E-state index contributed by atoms with van der Waals surface area (Å²) in [6.45, 7) is 2.05. The van der Waals surface area contributed by atoms with E-state index in [-0.39, 0.29) is 6.03 Å². The average Bonchev–Trinajstić information content (AvgIpc) is 3.00. The Balaban J connectivity index is 1.54. The van der Waals surface area contributed by atoms with Gasteiger partial charge in [0.25, 0.3) is 0 Å². The zero-order valence-electron chi connectivity index (χ0n) is 12.0. The van der Waals surface area contributed by atoms with Crippen molar-refractivity contribution in [2.24, 2.45) is 0 Å². The number of nitrogens with one attached hydrogen (secondary N) is 1. The number of fused-ring (bicyclic) bond motifs is 1. The second kappa shape index (κ2) is 6.18. The van der Waals surface area contributed by atoms with E-state index in [1.54, 1.807) is 18.4 Å². The number of nitrogens with zero attached hydrogens (tertiary/aromatic N) is 1. The summed E-state index contributed by atoms with van der Waals surface area (Å²) in [5.74, 6) is 0.825. The standard InChI is InChI=1S/C16H18N2O2S/c1-20-14-4-2-12(3-5-14)10-17-16(19)18-8-6-15-13(11-18)7-9-21-15/h2-5,7,9H,6,8,10-11H2,1H3,(H,17,19). The molecule has 0 saturated heterocycles. The Morgan fingerprint density at radius 1 is 1.33 bits per heavy atom. The van der Waals surface area contributed by atoms with E-state index in [0.717, 1.165) is 24.3 Å². The summed E-state index contributed by atoms with van der Waals surface area (Å²) in [6.07, 6.45) is 0.961. The molecule has 3 rings (SSSR count). The zero-order chi connectivity index (χ0) is 14.7. The van der Waals surface area contributed by atoms with Gasteiger partial charge in [0, 0.05) is 24.5 Å². The van der Waals surface area contributed by atoms with E-state index in [4.69, 9.17) is 4.74 Å². The lowest BCUT2D eigenvalue weighted by Crippen LogP contribution is -2.42. The lowest BCUT2D eigenvalue weighted by molar-refractivity contribution is 0.192. The van der Waals surface area contributed by atoms with Gasteiger partial charge in [-0.05, 0) is 41.1 Å². The van der Waals surface area contributed by atoms with Gasteiger partial charge in [-0.3, -0.25) is 0 Å². The van der Waals surface area contributed by atoms with Gasteiger partial charge >= 0.3 is 6.03 Å². The minimum Gasteiger partial charge on any atom is -0.497 e. The van der Waals surface area contributed by atoms with Crippen LogP contribution in [0, 0.1) is 0 Å². The van der Waals surface area contributed by atoms with Gasteiger partial charge in [-0.15, -0.1) is 11.3 Å². The second-order valence-corrected chi connectivity index (χ2v) is 6.05. The largest absolute Gasteiger partial charge is 0.497 e. The van der Waals surface area contributed by atoms with Crippen molar-refractivity contribution in [2.75, 3.05) is 13.7 Å². The Hall–Kier alpha value is -2.01. The van der Waals surface area contributed by atoms with Crippen molar-refractivity contribution in [2.45, 2.75) is 19.5 Å². The molecule has 21 heavy (non-hydrogen) atoms. The number of hydrogen-bond donors (Lipinski definition) is 1. The second-order valence-electron chi connectivity index (χ2n) is 5.05. The maximum atomic E-state index is 12.2. The SMILES string of the molecule is COc1ccc(CNC(=O)N2CCc3sccc3C2)cc1. The van der Waals surface area contributed by atoms with Crippen molar-refractivity contribution < 1.29 is 9.53 Å². The fourth-order valence-electron chi connectivity index (χ4n) is 2.45. The van der Waals surface area contributed by atoms with Crippen molar-refractivity contribution in [3.63, 3.8) is 0 Å². The summed E-state index contributed by atoms with van der Waals surface area (Å²) in [5.41, 5.74) is 2.35. The Labute approximate surface area is 128 Å². The molecule has 1 N–H and O–H groups in total. The molecule has 2 amide bonds. The minimum atomic E-state index is 0.00247. The van der Waals surface area contributed by atoms with Crippen LogP contribution in [-0.2, 0) is 19.5 Å². The molecule has 0 unspecified atom stereocenters. The first kappa shape index (κ1) is 13.9. The average molecular weight is 302 g/mol. The van der Waals surface area contributed by atoms with Crippen LogP contribution in [0.25, 0.3) is 0 Å². The van der Waals surface area contributed by atoms with Gasteiger partial charge in [0.1, 0.15) is 5.75 Å². The topological polar surface area (TPSA) is 41.6 Å². The van der Waals surface area contributed by atoms with E-state index in [9.17, 15) is 4.79 Å². The van der Waals surface area contributed by atoms with Gasteiger partial charge in [-0.25, -0.2) is 4.79 Å². The number of thiophene rings is 1. The van der Waals surface area contributed by atoms with E-state index in [1.807, 2.05) is 29.2 Å². The fraction of sp³-hybridized carbons (Fsp3) is 0.312. The van der Waals surface area contributed by atoms with Gasteiger partial charge in [0.2, 0.25) is 0 Å².